The first kappa shape index (κ1) is 22.0. The zero-order valence-electron chi connectivity index (χ0n) is 18.8. The Morgan fingerprint density at radius 3 is 2.65 bits per heavy atom. The number of nitrogens with one attached hydrogen (secondary N) is 2. The van der Waals surface area contributed by atoms with Crippen LogP contribution in [0.15, 0.2) is 11.8 Å². The maximum absolute atomic E-state index is 13.6. The molecule has 2 saturated heterocycles. The zero-order valence-corrected chi connectivity index (χ0v) is 20.5. The molecule has 6 unspecified atom stereocenters. The summed E-state index contributed by atoms with van der Waals surface area (Å²) in [4.78, 5) is 17.7. The van der Waals surface area contributed by atoms with Crippen LogP contribution in [0.2, 0.25) is 0 Å². The molecule has 0 aromatic carbocycles. The highest BCUT2D eigenvalue weighted by molar-refractivity contribution is 8.00. The summed E-state index contributed by atoms with van der Waals surface area (Å²) in [5.74, 6) is 0. The Labute approximate surface area is 190 Å². The van der Waals surface area contributed by atoms with Crippen molar-refractivity contribution in [3.8, 4) is 0 Å². The molecular formula is C22H36N4O3S2. The normalized spacial score (nSPS) is 39.7. The second kappa shape index (κ2) is 7.92. The van der Waals surface area contributed by atoms with Gasteiger partial charge in [-0.25, -0.2) is 17.9 Å². The molecule has 4 fully saturated rings. The molecule has 5 aliphatic rings. The average Bonchev–Trinajstić information content (AvgIpc) is 3.05. The molecule has 0 aromatic rings. The molecule has 0 radical (unpaired) electrons. The fourth-order valence-electron chi connectivity index (χ4n) is 5.87. The van der Waals surface area contributed by atoms with Crippen molar-refractivity contribution >= 4 is 27.8 Å². The van der Waals surface area contributed by atoms with Crippen molar-refractivity contribution in [2.24, 2.45) is 0 Å². The van der Waals surface area contributed by atoms with Gasteiger partial charge >= 0.3 is 6.03 Å². The van der Waals surface area contributed by atoms with E-state index in [0.29, 0.717) is 29.5 Å². The third kappa shape index (κ3) is 4.15. The maximum atomic E-state index is 13.6. The van der Waals surface area contributed by atoms with Gasteiger partial charge in [0.05, 0.1) is 22.7 Å². The topological polar surface area (TPSA) is 81.8 Å². The number of carbonyl (C=O) groups is 1. The molecule has 3 aliphatic carbocycles. The van der Waals surface area contributed by atoms with E-state index in [1.54, 1.807) is 0 Å². The van der Waals surface area contributed by atoms with Crippen molar-refractivity contribution in [3.63, 3.8) is 0 Å². The Morgan fingerprint density at radius 1 is 1.26 bits per heavy atom. The zero-order chi connectivity index (χ0) is 22.0. The van der Waals surface area contributed by atoms with Gasteiger partial charge in [-0.05, 0) is 72.1 Å². The van der Waals surface area contributed by atoms with E-state index in [9.17, 15) is 13.2 Å². The highest BCUT2D eigenvalue weighted by Gasteiger charge is 2.53. The highest BCUT2D eigenvalue weighted by atomic mass is 32.2. The van der Waals surface area contributed by atoms with Crippen molar-refractivity contribution in [2.45, 2.75) is 112 Å². The first-order valence-corrected chi connectivity index (χ1v) is 14.4. The lowest BCUT2D eigenvalue weighted by Crippen LogP contribution is -2.50. The fourth-order valence-corrected chi connectivity index (χ4v) is 9.20. The fraction of sp³-hybridized carbons (Fsp3) is 0.864. The van der Waals surface area contributed by atoms with Gasteiger partial charge in [-0.3, -0.25) is 4.90 Å². The predicted molar refractivity (Wildman–Crippen MR) is 124 cm³/mol. The molecule has 7 nitrogen and oxygen atoms in total. The van der Waals surface area contributed by atoms with Gasteiger partial charge < -0.3 is 10.2 Å². The molecule has 2 N–H and O–H groups in total. The lowest BCUT2D eigenvalue weighted by atomic mass is 9.89. The third-order valence-corrected chi connectivity index (χ3v) is 11.4. The molecule has 174 valence electrons. The molecule has 9 heteroatoms. The number of fused-ring (bicyclic) bond motifs is 1. The summed E-state index contributed by atoms with van der Waals surface area (Å²) in [5.41, 5.74) is 0.863. The number of amides is 2. The van der Waals surface area contributed by atoms with Crippen LogP contribution in [0, 0.1) is 0 Å². The number of allylic oxidation sites excluding steroid dienone is 2. The molecule has 5 rings (SSSR count). The van der Waals surface area contributed by atoms with E-state index in [0.717, 1.165) is 50.8 Å². The van der Waals surface area contributed by atoms with Crippen molar-refractivity contribution in [3.05, 3.63) is 11.8 Å². The minimum Gasteiger partial charge on any atom is -0.318 e. The van der Waals surface area contributed by atoms with Crippen LogP contribution in [0.25, 0.3) is 0 Å². The molecule has 0 spiro atoms. The number of nitrogens with zero attached hydrogens (tertiary/aromatic N) is 2. The number of hydrogen-bond donors (Lipinski definition) is 2. The molecule has 31 heavy (non-hydrogen) atoms. The predicted octanol–water partition coefficient (Wildman–Crippen LogP) is 2.99. The second-order valence-electron chi connectivity index (χ2n) is 10.4. The number of sulfonamides is 1. The van der Waals surface area contributed by atoms with Gasteiger partial charge in [0, 0.05) is 29.1 Å². The Morgan fingerprint density at radius 2 is 2.03 bits per heavy atom. The monoisotopic (exact) mass is 468 g/mol. The number of carbonyl (C=O) groups excluding carboxylic acids is 1. The molecule has 0 bridgehead atoms. The third-order valence-electron chi connectivity index (χ3n) is 7.88. The molecule has 2 aliphatic heterocycles. The van der Waals surface area contributed by atoms with Crippen LogP contribution in [0.5, 0.6) is 0 Å². The van der Waals surface area contributed by atoms with E-state index in [2.05, 4.69) is 34.9 Å². The summed E-state index contributed by atoms with van der Waals surface area (Å²) >= 11 is 1.91. The van der Waals surface area contributed by atoms with Crippen LogP contribution in [0.3, 0.4) is 0 Å². The van der Waals surface area contributed by atoms with E-state index in [1.807, 2.05) is 23.6 Å². The number of rotatable bonds is 6. The van der Waals surface area contributed by atoms with Gasteiger partial charge in [0.15, 0.2) is 0 Å². The van der Waals surface area contributed by atoms with E-state index in [4.69, 9.17) is 0 Å². The number of hydrogen-bond acceptors (Lipinski definition) is 5. The number of urea groups is 1. The lowest BCUT2D eigenvalue weighted by Gasteiger charge is -2.37. The summed E-state index contributed by atoms with van der Waals surface area (Å²) in [6, 6.07) is 0.536. The van der Waals surface area contributed by atoms with Gasteiger partial charge in [-0.15, -0.1) is 11.8 Å². The summed E-state index contributed by atoms with van der Waals surface area (Å²) in [6.45, 7) is 7.10. The van der Waals surface area contributed by atoms with Crippen LogP contribution in [-0.4, -0.2) is 70.3 Å². The first-order chi connectivity index (χ1) is 14.7. The summed E-state index contributed by atoms with van der Waals surface area (Å²) in [6.07, 6.45) is 8.96. The summed E-state index contributed by atoms with van der Waals surface area (Å²) in [5, 5.41) is 3.92. The Kier molecular flexibility index (Phi) is 5.63. The minimum absolute atomic E-state index is 0.0359. The standard InChI is InChI=1S/C22H36N4O3S2/c1-14-20(30-15(2)23-14)13-25-18-9-8-17(31(28,29)24-22(3)10-11-22)12-19(18)26(21(25)27)16-6-4-5-7-16/h6,14-15,17-20,23-24H,4-5,7-13H2,1-3H3. The van der Waals surface area contributed by atoms with Crippen LogP contribution in [0.4, 0.5) is 4.79 Å². The van der Waals surface area contributed by atoms with Gasteiger partial charge in [0.2, 0.25) is 10.0 Å². The van der Waals surface area contributed by atoms with E-state index in [-0.39, 0.29) is 23.7 Å². The Balaban J connectivity index is 1.37. The van der Waals surface area contributed by atoms with Gasteiger partial charge in [0.1, 0.15) is 0 Å². The van der Waals surface area contributed by atoms with E-state index < -0.39 is 15.3 Å². The maximum Gasteiger partial charge on any atom is 0.324 e. The van der Waals surface area contributed by atoms with Crippen LogP contribution >= 0.6 is 11.8 Å². The molecule has 2 saturated carbocycles. The molecule has 2 heterocycles. The number of thioether (sulfide) groups is 1. The largest absolute Gasteiger partial charge is 0.324 e. The van der Waals surface area contributed by atoms with E-state index in [1.165, 1.54) is 0 Å². The quantitative estimate of drug-likeness (QED) is 0.626. The second-order valence-corrected chi connectivity index (χ2v) is 14.0. The average molecular weight is 469 g/mol. The van der Waals surface area contributed by atoms with E-state index >= 15 is 0 Å². The van der Waals surface area contributed by atoms with Crippen LogP contribution in [-0.2, 0) is 10.0 Å². The highest BCUT2D eigenvalue weighted by Crippen LogP contribution is 2.43. The summed E-state index contributed by atoms with van der Waals surface area (Å²) in [7, 11) is -3.38. The first-order valence-electron chi connectivity index (χ1n) is 11.9. The van der Waals surface area contributed by atoms with Crippen molar-refractivity contribution in [1.82, 2.24) is 19.8 Å². The molecule has 6 atom stereocenters. The Hall–Kier alpha value is -0.770. The van der Waals surface area contributed by atoms with Gasteiger partial charge in [0.25, 0.3) is 0 Å². The van der Waals surface area contributed by atoms with Crippen molar-refractivity contribution < 1.29 is 13.2 Å². The smallest absolute Gasteiger partial charge is 0.318 e. The molecule has 0 aromatic heterocycles. The van der Waals surface area contributed by atoms with Crippen molar-refractivity contribution in [2.75, 3.05) is 6.54 Å². The van der Waals surface area contributed by atoms with Gasteiger partial charge in [-0.1, -0.05) is 6.08 Å². The van der Waals surface area contributed by atoms with Crippen LogP contribution in [0.1, 0.15) is 72.1 Å². The lowest BCUT2D eigenvalue weighted by molar-refractivity contribution is 0.187. The Bertz CT molecular complexity index is 872. The van der Waals surface area contributed by atoms with Crippen molar-refractivity contribution in [1.29, 1.82) is 0 Å². The summed E-state index contributed by atoms with van der Waals surface area (Å²) < 4.78 is 29.2. The molecule has 2 amide bonds. The SMILES string of the molecule is CC1NC(C)C(CN2C(=O)N(C3=CCCC3)C3CC(S(=O)(=O)NC4(C)CC4)CCC32)S1. The van der Waals surface area contributed by atoms with Gasteiger partial charge in [-0.2, -0.15) is 0 Å². The van der Waals surface area contributed by atoms with Crippen LogP contribution < -0.4 is 10.0 Å². The minimum atomic E-state index is -3.38. The molecular weight excluding hydrogens is 432 g/mol.